The van der Waals surface area contributed by atoms with E-state index in [9.17, 15) is 8.42 Å². The third-order valence-corrected chi connectivity index (χ3v) is 5.32. The zero-order chi connectivity index (χ0) is 13.2. The second-order valence-electron chi connectivity index (χ2n) is 4.86. The summed E-state index contributed by atoms with van der Waals surface area (Å²) in [7, 11) is -1.62. The smallest absolute Gasteiger partial charge is 0.245 e. The summed E-state index contributed by atoms with van der Waals surface area (Å²) in [5, 5.41) is 2.95. The lowest BCUT2D eigenvalue weighted by Gasteiger charge is -2.30. The van der Waals surface area contributed by atoms with Crippen molar-refractivity contribution in [3.05, 3.63) is 24.3 Å². The van der Waals surface area contributed by atoms with Crippen molar-refractivity contribution in [1.29, 1.82) is 0 Å². The summed E-state index contributed by atoms with van der Waals surface area (Å²) in [5.41, 5.74) is 0.663. The van der Waals surface area contributed by atoms with Gasteiger partial charge in [0.2, 0.25) is 10.0 Å². The van der Waals surface area contributed by atoms with Gasteiger partial charge in [0.1, 0.15) is 4.90 Å². The van der Waals surface area contributed by atoms with E-state index in [0.29, 0.717) is 29.6 Å². The fraction of sp³-hybridized carbons (Fsp3) is 0.538. The fourth-order valence-corrected chi connectivity index (χ4v) is 4.20. The van der Waals surface area contributed by atoms with Crippen LogP contribution in [0.1, 0.15) is 19.8 Å². The maximum atomic E-state index is 12.6. The Labute approximate surface area is 109 Å². The molecule has 1 aromatic rings. The largest absolute Gasteiger partial charge is 0.387 e. The van der Waals surface area contributed by atoms with Crippen molar-refractivity contribution >= 4 is 15.7 Å². The van der Waals surface area contributed by atoms with Crippen molar-refractivity contribution in [2.24, 2.45) is 5.92 Å². The van der Waals surface area contributed by atoms with Crippen molar-refractivity contribution in [3.8, 4) is 0 Å². The van der Waals surface area contributed by atoms with Gasteiger partial charge in [-0.15, -0.1) is 0 Å². The maximum Gasteiger partial charge on any atom is 0.245 e. The molecule has 1 unspecified atom stereocenters. The van der Waals surface area contributed by atoms with Gasteiger partial charge in [0.05, 0.1) is 5.69 Å². The summed E-state index contributed by atoms with van der Waals surface area (Å²) in [5.74, 6) is 0.440. The van der Waals surface area contributed by atoms with E-state index in [1.165, 1.54) is 0 Å². The first-order valence-electron chi connectivity index (χ1n) is 6.32. The minimum atomic E-state index is -3.37. The molecular formula is C13H20N2O2S. The van der Waals surface area contributed by atoms with Gasteiger partial charge in [-0.3, -0.25) is 0 Å². The molecule has 2 rings (SSSR count). The molecular weight excluding hydrogens is 248 g/mol. The monoisotopic (exact) mass is 268 g/mol. The van der Waals surface area contributed by atoms with Gasteiger partial charge >= 0.3 is 0 Å². The van der Waals surface area contributed by atoms with E-state index in [1.807, 2.05) is 6.07 Å². The maximum absolute atomic E-state index is 12.6. The minimum Gasteiger partial charge on any atom is -0.387 e. The average Bonchev–Trinajstić information content (AvgIpc) is 2.38. The highest BCUT2D eigenvalue weighted by atomic mass is 32.2. The predicted octanol–water partition coefficient (Wildman–Crippen LogP) is 2.15. The number of anilines is 1. The summed E-state index contributed by atoms with van der Waals surface area (Å²) in [6, 6.07) is 7.06. The van der Waals surface area contributed by atoms with Crippen LogP contribution >= 0.6 is 0 Å². The summed E-state index contributed by atoms with van der Waals surface area (Å²) in [6.07, 6.45) is 2.06. The van der Waals surface area contributed by atoms with Crippen LogP contribution in [0.5, 0.6) is 0 Å². The quantitative estimate of drug-likeness (QED) is 0.914. The van der Waals surface area contributed by atoms with Gasteiger partial charge in [-0.25, -0.2) is 8.42 Å². The van der Waals surface area contributed by atoms with E-state index in [1.54, 1.807) is 29.6 Å². The Hall–Kier alpha value is -1.07. The van der Waals surface area contributed by atoms with Gasteiger partial charge in [-0.1, -0.05) is 19.1 Å². The van der Waals surface area contributed by atoms with Gasteiger partial charge < -0.3 is 5.32 Å². The van der Waals surface area contributed by atoms with E-state index in [2.05, 4.69) is 12.2 Å². The topological polar surface area (TPSA) is 49.4 Å². The summed E-state index contributed by atoms with van der Waals surface area (Å²) in [6.45, 7) is 3.36. The third-order valence-electron chi connectivity index (χ3n) is 3.39. The lowest BCUT2D eigenvalue weighted by molar-refractivity contribution is 0.281. The molecule has 0 radical (unpaired) electrons. The van der Waals surface area contributed by atoms with Crippen LogP contribution in [0.25, 0.3) is 0 Å². The Morgan fingerprint density at radius 2 is 2.06 bits per heavy atom. The number of nitrogens with one attached hydrogen (secondary N) is 1. The standard InChI is InChI=1S/C13H20N2O2S/c1-11-6-5-9-15(10-11)18(16,17)13-8-4-3-7-12(13)14-2/h3-4,7-8,11,14H,5-6,9-10H2,1-2H3. The summed E-state index contributed by atoms with van der Waals surface area (Å²) in [4.78, 5) is 0.376. The number of hydrogen-bond donors (Lipinski definition) is 1. The van der Waals surface area contributed by atoms with Crippen LogP contribution in [0, 0.1) is 5.92 Å². The van der Waals surface area contributed by atoms with Gasteiger partial charge in [0.25, 0.3) is 0 Å². The van der Waals surface area contributed by atoms with Gasteiger partial charge in [0, 0.05) is 20.1 Å². The molecule has 1 aliphatic rings. The van der Waals surface area contributed by atoms with E-state index in [-0.39, 0.29) is 0 Å². The molecule has 0 bridgehead atoms. The zero-order valence-corrected chi connectivity index (χ0v) is 11.7. The molecule has 5 heteroatoms. The van der Waals surface area contributed by atoms with Crippen molar-refractivity contribution in [2.75, 3.05) is 25.5 Å². The number of hydrogen-bond acceptors (Lipinski definition) is 3. The molecule has 1 saturated heterocycles. The van der Waals surface area contributed by atoms with Crippen LogP contribution in [0.4, 0.5) is 5.69 Å². The first-order chi connectivity index (χ1) is 8.55. The number of sulfonamides is 1. The van der Waals surface area contributed by atoms with Gasteiger partial charge in [0.15, 0.2) is 0 Å². The normalized spacial score (nSPS) is 21.8. The number of nitrogens with zero attached hydrogens (tertiary/aromatic N) is 1. The van der Waals surface area contributed by atoms with Crippen LogP contribution < -0.4 is 5.32 Å². The number of para-hydroxylation sites is 1. The van der Waals surface area contributed by atoms with Gasteiger partial charge in [-0.05, 0) is 30.9 Å². The van der Waals surface area contributed by atoms with Crippen molar-refractivity contribution in [3.63, 3.8) is 0 Å². The molecule has 1 aromatic carbocycles. The molecule has 0 aliphatic carbocycles. The Kier molecular flexibility index (Phi) is 3.92. The fourth-order valence-electron chi connectivity index (χ4n) is 2.40. The van der Waals surface area contributed by atoms with E-state index >= 15 is 0 Å². The van der Waals surface area contributed by atoms with Crippen LogP contribution in [0.15, 0.2) is 29.2 Å². The molecule has 1 heterocycles. The van der Waals surface area contributed by atoms with Crippen LogP contribution in [0.2, 0.25) is 0 Å². The Morgan fingerprint density at radius 1 is 1.33 bits per heavy atom. The molecule has 0 saturated carbocycles. The Morgan fingerprint density at radius 3 is 2.72 bits per heavy atom. The van der Waals surface area contributed by atoms with Crippen LogP contribution in [-0.2, 0) is 10.0 Å². The number of piperidine rings is 1. The third kappa shape index (κ3) is 2.52. The SMILES string of the molecule is CNc1ccccc1S(=O)(=O)N1CCCC(C)C1. The highest BCUT2D eigenvalue weighted by Crippen LogP contribution is 2.27. The second kappa shape index (κ2) is 5.28. The molecule has 4 nitrogen and oxygen atoms in total. The van der Waals surface area contributed by atoms with Gasteiger partial charge in [-0.2, -0.15) is 4.31 Å². The molecule has 18 heavy (non-hydrogen) atoms. The number of rotatable bonds is 3. The van der Waals surface area contributed by atoms with E-state index in [4.69, 9.17) is 0 Å². The molecule has 1 N–H and O–H groups in total. The molecule has 0 aromatic heterocycles. The van der Waals surface area contributed by atoms with Crippen molar-refractivity contribution < 1.29 is 8.42 Å². The average molecular weight is 268 g/mol. The highest BCUT2D eigenvalue weighted by Gasteiger charge is 2.29. The van der Waals surface area contributed by atoms with Crippen LogP contribution in [0.3, 0.4) is 0 Å². The van der Waals surface area contributed by atoms with Crippen LogP contribution in [-0.4, -0.2) is 32.9 Å². The van der Waals surface area contributed by atoms with E-state index in [0.717, 1.165) is 12.8 Å². The Bertz CT molecular complexity index is 513. The van der Waals surface area contributed by atoms with Crippen molar-refractivity contribution in [2.45, 2.75) is 24.7 Å². The predicted molar refractivity (Wildman–Crippen MR) is 73.1 cm³/mol. The molecule has 1 aliphatic heterocycles. The molecule has 100 valence electrons. The lowest BCUT2D eigenvalue weighted by atomic mass is 10.0. The molecule has 0 amide bonds. The molecule has 0 spiro atoms. The zero-order valence-electron chi connectivity index (χ0n) is 10.9. The summed E-state index contributed by atoms with van der Waals surface area (Å²) >= 11 is 0. The molecule has 1 atom stereocenters. The lowest BCUT2D eigenvalue weighted by Crippen LogP contribution is -2.39. The number of benzene rings is 1. The highest BCUT2D eigenvalue weighted by molar-refractivity contribution is 7.89. The second-order valence-corrected chi connectivity index (χ2v) is 6.76. The first kappa shape index (κ1) is 13.4. The molecule has 1 fully saturated rings. The van der Waals surface area contributed by atoms with Crippen molar-refractivity contribution in [1.82, 2.24) is 4.31 Å². The Balaban J connectivity index is 2.35. The van der Waals surface area contributed by atoms with E-state index < -0.39 is 10.0 Å². The summed E-state index contributed by atoms with van der Waals surface area (Å²) < 4.78 is 26.8. The minimum absolute atomic E-state index is 0.376. The first-order valence-corrected chi connectivity index (χ1v) is 7.76.